The van der Waals surface area contributed by atoms with Gasteiger partial charge in [-0.3, -0.25) is 4.57 Å². The SMILES string of the molecule is CCOc1cn(CC)c(OCC)n1. The molecule has 0 radical (unpaired) electrons. The average Bonchev–Trinajstić information content (AvgIpc) is 2.49. The van der Waals surface area contributed by atoms with Crippen LogP contribution in [0, 0.1) is 0 Å². The van der Waals surface area contributed by atoms with Crippen molar-refractivity contribution in [1.82, 2.24) is 9.55 Å². The number of imidazole rings is 1. The van der Waals surface area contributed by atoms with E-state index < -0.39 is 0 Å². The molecule has 13 heavy (non-hydrogen) atoms. The number of hydrogen-bond acceptors (Lipinski definition) is 3. The quantitative estimate of drug-likeness (QED) is 0.698. The molecular weight excluding hydrogens is 168 g/mol. The van der Waals surface area contributed by atoms with Crippen LogP contribution in [0.5, 0.6) is 11.9 Å². The summed E-state index contributed by atoms with van der Waals surface area (Å²) in [6, 6.07) is 0.633. The fourth-order valence-electron chi connectivity index (χ4n) is 1.06. The Balaban J connectivity index is 2.77. The highest BCUT2D eigenvalue weighted by Gasteiger charge is 2.07. The second-order valence-corrected chi connectivity index (χ2v) is 2.51. The molecule has 0 bridgehead atoms. The molecule has 0 unspecified atom stereocenters. The highest BCUT2D eigenvalue weighted by molar-refractivity contribution is 5.13. The largest absolute Gasteiger partial charge is 0.477 e. The van der Waals surface area contributed by atoms with E-state index in [1.54, 1.807) is 0 Å². The lowest BCUT2D eigenvalue weighted by Crippen LogP contribution is -2.00. The number of hydrogen-bond donors (Lipinski definition) is 0. The summed E-state index contributed by atoms with van der Waals surface area (Å²) in [5.41, 5.74) is 0. The number of rotatable bonds is 5. The molecule has 0 aliphatic carbocycles. The summed E-state index contributed by atoms with van der Waals surface area (Å²) in [6.07, 6.45) is 1.86. The highest BCUT2D eigenvalue weighted by atomic mass is 16.5. The Labute approximate surface area is 78.5 Å². The minimum absolute atomic E-state index is 0.628. The van der Waals surface area contributed by atoms with Crippen molar-refractivity contribution in [2.45, 2.75) is 27.3 Å². The van der Waals surface area contributed by atoms with Crippen LogP contribution in [0.15, 0.2) is 6.20 Å². The first kappa shape index (κ1) is 9.89. The average molecular weight is 184 g/mol. The normalized spacial score (nSPS) is 10.1. The number of aryl methyl sites for hydroxylation is 1. The fourth-order valence-corrected chi connectivity index (χ4v) is 1.06. The minimum atomic E-state index is 0.628. The van der Waals surface area contributed by atoms with E-state index in [4.69, 9.17) is 9.47 Å². The smallest absolute Gasteiger partial charge is 0.299 e. The van der Waals surface area contributed by atoms with Gasteiger partial charge in [0.2, 0.25) is 5.88 Å². The van der Waals surface area contributed by atoms with Crippen molar-refractivity contribution in [2.75, 3.05) is 13.2 Å². The molecule has 0 saturated carbocycles. The molecule has 0 fully saturated rings. The van der Waals surface area contributed by atoms with Crippen LogP contribution >= 0.6 is 0 Å². The number of aromatic nitrogens is 2. The van der Waals surface area contributed by atoms with Crippen molar-refractivity contribution >= 4 is 0 Å². The van der Waals surface area contributed by atoms with Gasteiger partial charge in [0, 0.05) is 6.54 Å². The molecule has 0 atom stereocenters. The monoisotopic (exact) mass is 184 g/mol. The molecule has 0 amide bonds. The van der Waals surface area contributed by atoms with Gasteiger partial charge in [0.1, 0.15) is 0 Å². The second-order valence-electron chi connectivity index (χ2n) is 2.51. The molecule has 0 aliphatic rings. The minimum Gasteiger partial charge on any atom is -0.477 e. The van der Waals surface area contributed by atoms with E-state index in [1.807, 2.05) is 31.5 Å². The third-order valence-corrected chi connectivity index (χ3v) is 1.62. The Kier molecular flexibility index (Phi) is 3.61. The van der Waals surface area contributed by atoms with Crippen LogP contribution in [0.3, 0.4) is 0 Å². The van der Waals surface area contributed by atoms with Crippen LogP contribution < -0.4 is 9.47 Å². The van der Waals surface area contributed by atoms with Gasteiger partial charge in [-0.25, -0.2) is 0 Å². The molecule has 4 heteroatoms. The van der Waals surface area contributed by atoms with E-state index in [1.165, 1.54) is 0 Å². The van der Waals surface area contributed by atoms with Crippen molar-refractivity contribution < 1.29 is 9.47 Å². The maximum Gasteiger partial charge on any atom is 0.299 e. The third kappa shape index (κ3) is 2.37. The first-order valence-corrected chi connectivity index (χ1v) is 4.64. The van der Waals surface area contributed by atoms with Crippen molar-refractivity contribution in [3.8, 4) is 11.9 Å². The molecule has 4 nitrogen and oxygen atoms in total. The van der Waals surface area contributed by atoms with Crippen molar-refractivity contribution in [2.24, 2.45) is 0 Å². The Morgan fingerprint density at radius 3 is 2.46 bits per heavy atom. The highest BCUT2D eigenvalue weighted by Crippen LogP contribution is 2.17. The number of ether oxygens (including phenoxy) is 2. The number of nitrogens with zero attached hydrogens (tertiary/aromatic N) is 2. The van der Waals surface area contributed by atoms with Gasteiger partial charge in [0.15, 0.2) is 0 Å². The third-order valence-electron chi connectivity index (χ3n) is 1.62. The van der Waals surface area contributed by atoms with E-state index in [0.29, 0.717) is 25.1 Å². The van der Waals surface area contributed by atoms with Crippen LogP contribution in [-0.4, -0.2) is 22.8 Å². The maximum absolute atomic E-state index is 5.33. The first-order chi connectivity index (χ1) is 6.31. The predicted molar refractivity (Wildman–Crippen MR) is 50.2 cm³/mol. The van der Waals surface area contributed by atoms with Gasteiger partial charge in [-0.15, -0.1) is 0 Å². The molecule has 1 rings (SSSR count). The van der Waals surface area contributed by atoms with Crippen molar-refractivity contribution in [3.05, 3.63) is 6.20 Å². The zero-order valence-electron chi connectivity index (χ0n) is 8.41. The molecule has 0 saturated heterocycles. The zero-order valence-corrected chi connectivity index (χ0v) is 8.41. The van der Waals surface area contributed by atoms with Gasteiger partial charge in [-0.2, -0.15) is 4.98 Å². The Bertz CT molecular complexity index is 258. The van der Waals surface area contributed by atoms with E-state index in [2.05, 4.69) is 4.98 Å². The Morgan fingerprint density at radius 2 is 1.92 bits per heavy atom. The molecule has 0 aliphatic heterocycles. The van der Waals surface area contributed by atoms with Gasteiger partial charge >= 0.3 is 0 Å². The summed E-state index contributed by atoms with van der Waals surface area (Å²) in [5, 5.41) is 0. The molecule has 1 aromatic rings. The standard InChI is InChI=1S/C9H16N2O2/c1-4-11-7-8(12-5-2)10-9(11)13-6-3/h7H,4-6H2,1-3H3. The lowest BCUT2D eigenvalue weighted by molar-refractivity contribution is 0.291. The van der Waals surface area contributed by atoms with Gasteiger partial charge < -0.3 is 9.47 Å². The predicted octanol–water partition coefficient (Wildman–Crippen LogP) is 1.70. The first-order valence-electron chi connectivity index (χ1n) is 4.64. The van der Waals surface area contributed by atoms with Gasteiger partial charge in [-0.1, -0.05) is 0 Å². The van der Waals surface area contributed by atoms with E-state index >= 15 is 0 Å². The topological polar surface area (TPSA) is 36.3 Å². The summed E-state index contributed by atoms with van der Waals surface area (Å²) in [5.74, 6) is 0.632. The molecule has 0 spiro atoms. The summed E-state index contributed by atoms with van der Waals surface area (Å²) < 4.78 is 12.5. The Morgan fingerprint density at radius 1 is 1.23 bits per heavy atom. The van der Waals surface area contributed by atoms with E-state index in [-0.39, 0.29) is 0 Å². The second kappa shape index (κ2) is 4.74. The summed E-state index contributed by atoms with van der Waals surface area (Å²) >= 11 is 0. The maximum atomic E-state index is 5.33. The lowest BCUT2D eigenvalue weighted by atomic mass is 10.7. The molecule has 1 aromatic heterocycles. The van der Waals surface area contributed by atoms with Gasteiger partial charge in [0.05, 0.1) is 19.4 Å². The van der Waals surface area contributed by atoms with Crippen molar-refractivity contribution in [1.29, 1.82) is 0 Å². The molecule has 74 valence electrons. The van der Waals surface area contributed by atoms with Crippen LogP contribution in [0.1, 0.15) is 20.8 Å². The van der Waals surface area contributed by atoms with Crippen LogP contribution in [0.2, 0.25) is 0 Å². The van der Waals surface area contributed by atoms with Crippen LogP contribution in [0.4, 0.5) is 0 Å². The summed E-state index contributed by atoms with van der Waals surface area (Å²) in [7, 11) is 0. The molecule has 0 aromatic carbocycles. The molecule has 0 N–H and O–H groups in total. The zero-order chi connectivity index (χ0) is 9.68. The van der Waals surface area contributed by atoms with Crippen LogP contribution in [0.25, 0.3) is 0 Å². The fraction of sp³-hybridized carbons (Fsp3) is 0.667. The molecule has 1 heterocycles. The summed E-state index contributed by atoms with van der Waals surface area (Å²) in [6.45, 7) is 8.02. The van der Waals surface area contributed by atoms with E-state index in [0.717, 1.165) is 6.54 Å². The van der Waals surface area contributed by atoms with Crippen LogP contribution in [-0.2, 0) is 6.54 Å². The molecular formula is C9H16N2O2. The van der Waals surface area contributed by atoms with E-state index in [9.17, 15) is 0 Å². The lowest BCUT2D eigenvalue weighted by Gasteiger charge is -2.02. The van der Waals surface area contributed by atoms with Gasteiger partial charge in [-0.05, 0) is 20.8 Å². The van der Waals surface area contributed by atoms with Crippen molar-refractivity contribution in [3.63, 3.8) is 0 Å². The Hall–Kier alpha value is -1.19. The van der Waals surface area contributed by atoms with Gasteiger partial charge in [0.25, 0.3) is 6.01 Å². The summed E-state index contributed by atoms with van der Waals surface area (Å²) in [4.78, 5) is 4.18.